The Morgan fingerprint density at radius 2 is 1.08 bits per heavy atom. The van der Waals surface area contributed by atoms with Crippen LogP contribution in [0.4, 0.5) is 0 Å². The second-order valence-corrected chi connectivity index (χ2v) is 12.8. The van der Waals surface area contributed by atoms with Gasteiger partial charge in [-0.15, -0.1) is 0 Å². The van der Waals surface area contributed by atoms with Gasteiger partial charge in [-0.05, 0) is 54.4 Å². The maximum atomic E-state index is 10.7. The van der Waals surface area contributed by atoms with E-state index in [2.05, 4.69) is 109 Å². The zero-order valence-electron chi connectivity index (χ0n) is 28.4. The molecular formula is C47H33N3O2. The zero-order chi connectivity index (χ0) is 35.0. The van der Waals surface area contributed by atoms with Crippen LogP contribution in [0.5, 0.6) is 5.75 Å². The molecule has 10 aromatic rings. The molecule has 0 radical (unpaired) electrons. The fourth-order valence-corrected chi connectivity index (χ4v) is 7.26. The number of rotatable bonds is 4. The quantitative estimate of drug-likeness (QED) is 0.202. The summed E-state index contributed by atoms with van der Waals surface area (Å²) in [6, 6.07) is 57.3. The van der Waals surface area contributed by atoms with Crippen LogP contribution in [0, 0.1) is 6.92 Å². The molecule has 0 saturated heterocycles. The summed E-state index contributed by atoms with van der Waals surface area (Å²) in [6.07, 6.45) is 1.59. The molecule has 0 aliphatic rings. The van der Waals surface area contributed by atoms with Crippen molar-refractivity contribution in [2.24, 2.45) is 0 Å². The molecular weight excluding hydrogens is 639 g/mol. The summed E-state index contributed by atoms with van der Waals surface area (Å²) in [7, 11) is 0. The Hall–Kier alpha value is -6.98. The second-order valence-electron chi connectivity index (χ2n) is 12.8. The van der Waals surface area contributed by atoms with Crippen molar-refractivity contribution in [2.45, 2.75) is 6.92 Å². The van der Waals surface area contributed by atoms with Gasteiger partial charge in [-0.2, -0.15) is 0 Å². The number of hydrogen-bond donors (Lipinski definition) is 1. The molecule has 7 aromatic carbocycles. The highest BCUT2D eigenvalue weighted by molar-refractivity contribution is 6.19. The van der Waals surface area contributed by atoms with E-state index in [-0.39, 0.29) is 5.75 Å². The van der Waals surface area contributed by atoms with Gasteiger partial charge < -0.3 is 14.1 Å². The highest BCUT2D eigenvalue weighted by atomic mass is 16.3. The fourth-order valence-electron chi connectivity index (χ4n) is 7.26. The Bertz CT molecular complexity index is 2870. The predicted molar refractivity (Wildman–Crippen MR) is 213 cm³/mol. The van der Waals surface area contributed by atoms with Crippen LogP contribution >= 0.6 is 0 Å². The van der Waals surface area contributed by atoms with Crippen molar-refractivity contribution in [2.75, 3.05) is 0 Å². The van der Waals surface area contributed by atoms with Gasteiger partial charge in [0.05, 0.1) is 11.0 Å². The van der Waals surface area contributed by atoms with E-state index in [0.29, 0.717) is 11.3 Å². The van der Waals surface area contributed by atoms with Gasteiger partial charge in [-0.25, -0.2) is 9.97 Å². The van der Waals surface area contributed by atoms with Gasteiger partial charge in [0.25, 0.3) is 0 Å². The molecule has 5 heteroatoms. The van der Waals surface area contributed by atoms with Crippen molar-refractivity contribution in [3.63, 3.8) is 0 Å². The minimum absolute atomic E-state index is 0.213. The highest BCUT2D eigenvalue weighted by Gasteiger charge is 2.22. The third-order valence-corrected chi connectivity index (χ3v) is 9.60. The average molecular weight is 672 g/mol. The van der Waals surface area contributed by atoms with Crippen molar-refractivity contribution in [3.8, 4) is 44.9 Å². The molecule has 1 N–H and O–H groups in total. The lowest BCUT2D eigenvalue weighted by atomic mass is 9.96. The van der Waals surface area contributed by atoms with Crippen molar-refractivity contribution in [1.29, 1.82) is 0 Å². The lowest BCUT2D eigenvalue weighted by Crippen LogP contribution is -1.92. The molecule has 0 unspecified atom stereocenters. The van der Waals surface area contributed by atoms with Crippen molar-refractivity contribution in [3.05, 3.63) is 182 Å². The number of para-hydroxylation sites is 4. The van der Waals surface area contributed by atoms with E-state index in [4.69, 9.17) is 14.4 Å². The molecule has 0 fully saturated rings. The zero-order valence-corrected chi connectivity index (χ0v) is 28.4. The Kier molecular flexibility index (Phi) is 7.79. The number of aryl methyl sites for hydroxylation is 1. The second kappa shape index (κ2) is 13.0. The summed E-state index contributed by atoms with van der Waals surface area (Å²) in [5.74, 6) is 0.213. The van der Waals surface area contributed by atoms with Gasteiger partial charge in [0, 0.05) is 38.5 Å². The number of aromatic hydroxyl groups is 1. The van der Waals surface area contributed by atoms with Crippen LogP contribution in [0.15, 0.2) is 181 Å². The molecule has 248 valence electrons. The summed E-state index contributed by atoms with van der Waals surface area (Å²) in [6.45, 7) is 2.08. The Balaban J connectivity index is 0.000000464. The van der Waals surface area contributed by atoms with E-state index >= 15 is 0 Å². The van der Waals surface area contributed by atoms with Gasteiger partial charge in [0.2, 0.25) is 0 Å². The number of fused-ring (bicyclic) bond motifs is 6. The van der Waals surface area contributed by atoms with Gasteiger partial charge in [0.15, 0.2) is 5.58 Å². The molecule has 0 aliphatic heterocycles. The van der Waals surface area contributed by atoms with E-state index in [0.717, 1.165) is 61.0 Å². The van der Waals surface area contributed by atoms with E-state index in [9.17, 15) is 5.11 Å². The fraction of sp³-hybridized carbons (Fsp3) is 0.0213. The minimum Gasteiger partial charge on any atom is -0.507 e. The van der Waals surface area contributed by atoms with Crippen LogP contribution in [-0.4, -0.2) is 19.6 Å². The number of hydrogen-bond acceptors (Lipinski definition) is 4. The third kappa shape index (κ3) is 5.27. The van der Waals surface area contributed by atoms with Crippen LogP contribution in [0.2, 0.25) is 0 Å². The van der Waals surface area contributed by atoms with Crippen molar-refractivity contribution >= 4 is 43.9 Å². The van der Waals surface area contributed by atoms with Gasteiger partial charge >= 0.3 is 0 Å². The van der Waals surface area contributed by atoms with Gasteiger partial charge in [-0.1, -0.05) is 139 Å². The monoisotopic (exact) mass is 671 g/mol. The molecule has 3 heterocycles. The lowest BCUT2D eigenvalue weighted by molar-refractivity contribution is 0.477. The number of nitrogens with zero attached hydrogens (tertiary/aromatic N) is 3. The largest absolute Gasteiger partial charge is 0.507 e. The van der Waals surface area contributed by atoms with Crippen LogP contribution < -0.4 is 0 Å². The van der Waals surface area contributed by atoms with Crippen molar-refractivity contribution in [1.82, 2.24) is 14.5 Å². The molecule has 5 nitrogen and oxygen atoms in total. The number of furan rings is 1. The number of phenols is 1. The first-order valence-electron chi connectivity index (χ1n) is 17.3. The van der Waals surface area contributed by atoms with Crippen LogP contribution in [0.1, 0.15) is 5.56 Å². The molecule has 0 saturated carbocycles. The molecule has 0 bridgehead atoms. The molecule has 0 atom stereocenters. The van der Waals surface area contributed by atoms with Gasteiger partial charge in [-0.3, -0.25) is 0 Å². The first-order valence-corrected chi connectivity index (χ1v) is 17.3. The van der Waals surface area contributed by atoms with E-state index in [1.165, 1.54) is 16.3 Å². The van der Waals surface area contributed by atoms with E-state index in [1.807, 2.05) is 66.7 Å². The van der Waals surface area contributed by atoms with E-state index < -0.39 is 0 Å². The molecule has 0 amide bonds. The summed E-state index contributed by atoms with van der Waals surface area (Å²) in [5.41, 5.74) is 12.1. The maximum absolute atomic E-state index is 10.7. The molecule has 0 aliphatic carbocycles. The maximum Gasteiger partial charge on any atom is 0.180 e. The topological polar surface area (TPSA) is 64.1 Å². The Morgan fingerprint density at radius 3 is 1.85 bits per heavy atom. The standard InChI is InChI=1S/C40H25N3O2.C7H8/c44-35-23-9-7-15-27(35)26-14-4-5-16-29(26)37-40-38(42-24-41-37)32-20-10-19-30(39(32)45-40)28-18-11-22-34-36(28)31-17-6-8-21-33(31)43(34)25-12-2-1-3-13-25;1-7-5-3-2-4-6-7/h1-24,44H;2-6H,1H3. The minimum atomic E-state index is 0.213. The molecule has 52 heavy (non-hydrogen) atoms. The summed E-state index contributed by atoms with van der Waals surface area (Å²) in [5, 5.41) is 14.0. The molecule has 0 spiro atoms. The number of benzene rings is 7. The normalized spacial score (nSPS) is 11.2. The average Bonchev–Trinajstić information content (AvgIpc) is 3.75. The number of aromatic nitrogens is 3. The Labute approximate surface area is 300 Å². The first kappa shape index (κ1) is 31.0. The van der Waals surface area contributed by atoms with Crippen molar-refractivity contribution < 1.29 is 9.52 Å². The summed E-state index contributed by atoms with van der Waals surface area (Å²) in [4.78, 5) is 9.44. The first-order chi connectivity index (χ1) is 25.7. The highest BCUT2D eigenvalue weighted by Crippen LogP contribution is 2.44. The van der Waals surface area contributed by atoms with Crippen LogP contribution in [-0.2, 0) is 0 Å². The number of phenolic OH excluding ortho intramolecular Hbond substituents is 1. The summed E-state index contributed by atoms with van der Waals surface area (Å²) >= 11 is 0. The third-order valence-electron chi connectivity index (χ3n) is 9.60. The Morgan fingerprint density at radius 1 is 0.481 bits per heavy atom. The molecule has 3 aromatic heterocycles. The SMILES string of the molecule is Cc1ccccc1.Oc1ccccc1-c1ccccc1-c1ncnc2c1oc1c(-c3cccc4c3c3ccccc3n4-c3ccccc3)cccc12. The predicted octanol–water partition coefficient (Wildman–Crippen LogP) is 12.2. The summed E-state index contributed by atoms with van der Waals surface area (Å²) < 4.78 is 9.13. The molecule has 10 rings (SSSR count). The van der Waals surface area contributed by atoms with Crippen LogP contribution in [0.3, 0.4) is 0 Å². The van der Waals surface area contributed by atoms with Crippen LogP contribution in [0.25, 0.3) is 83.1 Å². The van der Waals surface area contributed by atoms with E-state index in [1.54, 1.807) is 12.4 Å². The lowest BCUT2D eigenvalue weighted by Gasteiger charge is -2.10. The van der Waals surface area contributed by atoms with Gasteiger partial charge in [0.1, 0.15) is 28.9 Å². The smallest absolute Gasteiger partial charge is 0.180 e.